The Bertz CT molecular complexity index is 4690. The lowest BCUT2D eigenvalue weighted by Gasteiger charge is -2.42. The van der Waals surface area contributed by atoms with Crippen LogP contribution >= 0.6 is 10.0 Å². The minimum atomic E-state index is -2.15. The Morgan fingerprint density at radius 2 is 0.737 bits per heavy atom. The molecule has 6 aromatic heterocycles. The van der Waals surface area contributed by atoms with Crippen molar-refractivity contribution in [1.29, 1.82) is 0 Å². The van der Waals surface area contributed by atoms with Gasteiger partial charge in [-0.25, -0.2) is 19.5 Å². The second-order valence-electron chi connectivity index (χ2n) is 19.2. The van der Waals surface area contributed by atoms with Gasteiger partial charge in [0, 0.05) is 47.7 Å². The van der Waals surface area contributed by atoms with Gasteiger partial charge in [0.05, 0.1) is 60.9 Å². The molecule has 358 valence electrons. The molecule has 0 spiro atoms. The maximum atomic E-state index is 5.62. The van der Waals surface area contributed by atoms with E-state index in [-0.39, 0.29) is 0 Å². The first-order chi connectivity index (χ1) is 37.7. The normalized spacial score (nSPS) is 12.4. The summed E-state index contributed by atoms with van der Waals surface area (Å²) < 4.78 is 11.1. The predicted molar refractivity (Wildman–Crippen MR) is 308 cm³/mol. The summed E-state index contributed by atoms with van der Waals surface area (Å²) in [6.45, 7) is 0. The molecule has 16 aromatic rings. The average molecular weight is 994 g/mol. The predicted octanol–water partition coefficient (Wildman–Crippen LogP) is 16.1. The van der Waals surface area contributed by atoms with Gasteiger partial charge in [0.1, 0.15) is 5.82 Å². The molecule has 9 nitrogen and oxygen atoms in total. The summed E-state index contributed by atoms with van der Waals surface area (Å²) in [5, 5.41) is 2.48. The maximum absolute atomic E-state index is 5.62. The molecule has 0 bridgehead atoms. The summed E-state index contributed by atoms with van der Waals surface area (Å²) in [6, 6.07) is 93.5. The lowest BCUT2D eigenvalue weighted by Crippen LogP contribution is -2.08. The van der Waals surface area contributed by atoms with E-state index < -0.39 is 10.0 Å². The molecule has 16 rings (SSSR count). The Kier molecular flexibility index (Phi) is 9.22. The summed E-state index contributed by atoms with van der Waals surface area (Å²) in [5.74, 6) is 2.68. The summed E-state index contributed by atoms with van der Waals surface area (Å²) in [5.41, 5.74) is 13.0. The standard InChI is InChI=1S/C66H43N9S/c1-3-21-46(22-4-1)76(47-23-5-2-6-24-47,48-40-38-45(39-41-48)71-55-30-11-7-26-50(55)51-27-8-12-31-56(51)71)49-25-19-20-44(42-49)54-43-63(74-61-36-17-15-34-59(61)72-57-32-13-9-28-52(57)68-65(72)74)70-64(67-54)75-62-37-18-16-35-60(62)73-58-33-14-10-29-53(58)69-66(73)75/h1-43H. The quantitative estimate of drug-likeness (QED) is 0.152. The first kappa shape index (κ1) is 42.5. The van der Waals surface area contributed by atoms with Crippen molar-refractivity contribution in [3.63, 3.8) is 0 Å². The molecule has 0 N–H and O–H groups in total. The van der Waals surface area contributed by atoms with Gasteiger partial charge < -0.3 is 4.57 Å². The Morgan fingerprint density at radius 3 is 1.32 bits per heavy atom. The van der Waals surface area contributed by atoms with Crippen LogP contribution in [0, 0.1) is 0 Å². The molecule has 0 aliphatic rings. The third kappa shape index (κ3) is 6.10. The van der Waals surface area contributed by atoms with E-state index in [1.807, 2.05) is 12.1 Å². The highest BCUT2D eigenvalue weighted by Gasteiger charge is 2.34. The SMILES string of the molecule is c1ccc(S(c2ccccc2)(c2ccc(-n3c4ccccc4c4ccccc43)cc2)c2cccc(-c3cc(-n4c5ccccc5n5c6ccccc6nc45)nc(-n4c5ccccc5n5c6ccccc6nc45)n3)c2)cc1. The van der Waals surface area contributed by atoms with Gasteiger partial charge in [0.2, 0.25) is 17.5 Å². The first-order valence-electron chi connectivity index (χ1n) is 25.5. The number of hydrogen-bond acceptors (Lipinski definition) is 4. The van der Waals surface area contributed by atoms with Gasteiger partial charge in [-0.3, -0.25) is 13.4 Å². The zero-order valence-electron chi connectivity index (χ0n) is 40.8. The van der Waals surface area contributed by atoms with Crippen molar-refractivity contribution < 1.29 is 0 Å². The van der Waals surface area contributed by atoms with E-state index >= 15 is 0 Å². The summed E-state index contributed by atoms with van der Waals surface area (Å²) in [7, 11) is -2.15. The van der Waals surface area contributed by atoms with Crippen LogP contribution in [0.25, 0.3) is 106 Å². The molecule has 6 heterocycles. The van der Waals surface area contributed by atoms with Crippen LogP contribution in [0.15, 0.2) is 280 Å². The summed E-state index contributed by atoms with van der Waals surface area (Å²) >= 11 is 0. The molecule has 10 heteroatoms. The third-order valence-electron chi connectivity index (χ3n) is 15.0. The molecule has 76 heavy (non-hydrogen) atoms. The fourth-order valence-corrected chi connectivity index (χ4v) is 15.7. The van der Waals surface area contributed by atoms with Gasteiger partial charge in [0.25, 0.3) is 0 Å². The highest BCUT2D eigenvalue weighted by molar-refractivity contribution is 8.34. The van der Waals surface area contributed by atoms with Crippen LogP contribution in [0.3, 0.4) is 0 Å². The summed E-state index contributed by atoms with van der Waals surface area (Å²) in [4.78, 5) is 26.6. The van der Waals surface area contributed by atoms with Gasteiger partial charge in [-0.05, 0) is 121 Å². The zero-order chi connectivity index (χ0) is 49.9. The third-order valence-corrected chi connectivity index (χ3v) is 18.9. The second-order valence-corrected chi connectivity index (χ2v) is 22.3. The van der Waals surface area contributed by atoms with Crippen LogP contribution in [0.2, 0.25) is 0 Å². The van der Waals surface area contributed by atoms with Crippen molar-refractivity contribution in [3.8, 4) is 28.7 Å². The van der Waals surface area contributed by atoms with Gasteiger partial charge >= 0.3 is 0 Å². The van der Waals surface area contributed by atoms with Crippen molar-refractivity contribution in [2.24, 2.45) is 0 Å². The Labute approximate surface area is 436 Å². The van der Waals surface area contributed by atoms with Crippen molar-refractivity contribution >= 4 is 87.5 Å². The topological polar surface area (TPSA) is 75.2 Å². The van der Waals surface area contributed by atoms with Crippen molar-refractivity contribution in [3.05, 3.63) is 261 Å². The van der Waals surface area contributed by atoms with Crippen LogP contribution in [0.5, 0.6) is 0 Å². The summed E-state index contributed by atoms with van der Waals surface area (Å²) in [6.07, 6.45) is 0. The largest absolute Gasteiger partial charge is 0.309 e. The Hall–Kier alpha value is -10.0. The number of para-hydroxylation sites is 10. The lowest BCUT2D eigenvalue weighted by atomic mass is 10.1. The number of imidazole rings is 4. The Morgan fingerprint density at radius 1 is 0.289 bits per heavy atom. The molecule has 0 atom stereocenters. The number of aromatic nitrogens is 9. The molecular weight excluding hydrogens is 951 g/mol. The average Bonchev–Trinajstić information content (AvgIpc) is 4.34. The molecule has 0 saturated heterocycles. The molecular formula is C66H43N9S. The van der Waals surface area contributed by atoms with Gasteiger partial charge in [-0.15, -0.1) is 10.0 Å². The van der Waals surface area contributed by atoms with Gasteiger partial charge in [0.15, 0.2) is 0 Å². The van der Waals surface area contributed by atoms with Crippen molar-refractivity contribution in [2.75, 3.05) is 0 Å². The highest BCUT2D eigenvalue weighted by atomic mass is 32.3. The Balaban J connectivity index is 0.959. The highest BCUT2D eigenvalue weighted by Crippen LogP contribution is 2.73. The van der Waals surface area contributed by atoms with E-state index in [0.29, 0.717) is 11.8 Å². The fourth-order valence-electron chi connectivity index (χ4n) is 11.8. The minimum absolute atomic E-state index is 0.497. The van der Waals surface area contributed by atoms with Crippen LogP contribution in [-0.2, 0) is 0 Å². The van der Waals surface area contributed by atoms with E-state index in [1.165, 1.54) is 41.4 Å². The van der Waals surface area contributed by atoms with E-state index in [2.05, 4.69) is 271 Å². The molecule has 0 amide bonds. The molecule has 10 aromatic carbocycles. The maximum Gasteiger partial charge on any atom is 0.239 e. The molecule has 0 aliphatic carbocycles. The number of rotatable bonds is 8. The van der Waals surface area contributed by atoms with E-state index in [1.54, 1.807) is 0 Å². The zero-order valence-corrected chi connectivity index (χ0v) is 41.6. The van der Waals surface area contributed by atoms with Crippen molar-refractivity contribution in [2.45, 2.75) is 19.6 Å². The van der Waals surface area contributed by atoms with Crippen LogP contribution in [-0.4, -0.2) is 42.4 Å². The number of benzene rings is 10. The van der Waals surface area contributed by atoms with Gasteiger partial charge in [-0.2, -0.15) is 4.98 Å². The van der Waals surface area contributed by atoms with Crippen LogP contribution in [0.1, 0.15) is 0 Å². The number of fused-ring (bicyclic) bond motifs is 13. The molecule has 0 unspecified atom stereocenters. The van der Waals surface area contributed by atoms with E-state index in [9.17, 15) is 0 Å². The monoisotopic (exact) mass is 993 g/mol. The van der Waals surface area contributed by atoms with Gasteiger partial charge in [-0.1, -0.05) is 133 Å². The minimum Gasteiger partial charge on any atom is -0.309 e. The molecule has 0 radical (unpaired) electrons. The van der Waals surface area contributed by atoms with Crippen LogP contribution in [0.4, 0.5) is 0 Å². The molecule has 0 aliphatic heterocycles. The van der Waals surface area contributed by atoms with Crippen LogP contribution < -0.4 is 0 Å². The smallest absolute Gasteiger partial charge is 0.239 e. The second kappa shape index (κ2) is 16.5. The van der Waals surface area contributed by atoms with E-state index in [4.69, 9.17) is 19.9 Å². The lowest BCUT2D eigenvalue weighted by molar-refractivity contribution is 0.930. The first-order valence-corrected chi connectivity index (χ1v) is 27.1. The number of hydrogen-bond donors (Lipinski definition) is 0. The van der Waals surface area contributed by atoms with E-state index in [0.717, 1.165) is 72.6 Å². The van der Waals surface area contributed by atoms with Crippen molar-refractivity contribution in [1.82, 2.24) is 42.4 Å². The molecule has 0 fully saturated rings. The fraction of sp³-hybridized carbons (Fsp3) is 0. The number of nitrogens with zero attached hydrogens (tertiary/aromatic N) is 9. The molecule has 0 saturated carbocycles.